The van der Waals surface area contributed by atoms with E-state index in [0.717, 1.165) is 17.2 Å². The summed E-state index contributed by atoms with van der Waals surface area (Å²) in [5, 5.41) is 0. The first kappa shape index (κ1) is 9.53. The summed E-state index contributed by atoms with van der Waals surface area (Å²) in [6, 6.07) is 8.17. The Kier molecular flexibility index (Phi) is 2.46. The van der Waals surface area contributed by atoms with Crippen molar-refractivity contribution < 1.29 is 4.74 Å². The third-order valence-corrected chi connectivity index (χ3v) is 3.13. The molecule has 1 aliphatic rings. The zero-order chi connectivity index (χ0) is 10.1. The maximum Gasteiger partial charge on any atom is 0.123 e. The van der Waals surface area contributed by atoms with E-state index in [4.69, 9.17) is 10.5 Å². The van der Waals surface area contributed by atoms with Crippen LogP contribution in [0.25, 0.3) is 0 Å². The van der Waals surface area contributed by atoms with Crippen molar-refractivity contribution in [1.29, 1.82) is 0 Å². The number of ether oxygens (including phenoxy) is 1. The topological polar surface area (TPSA) is 35.2 Å². The Morgan fingerprint density at radius 1 is 1.43 bits per heavy atom. The van der Waals surface area contributed by atoms with Crippen LogP contribution in [0.5, 0.6) is 5.75 Å². The van der Waals surface area contributed by atoms with Gasteiger partial charge in [-0.25, -0.2) is 0 Å². The van der Waals surface area contributed by atoms with Crippen LogP contribution in [0, 0.1) is 11.8 Å². The average molecular weight is 191 g/mol. The molecule has 0 heterocycles. The van der Waals surface area contributed by atoms with Crippen molar-refractivity contribution in [2.75, 3.05) is 7.11 Å². The van der Waals surface area contributed by atoms with Gasteiger partial charge < -0.3 is 10.5 Å². The molecule has 3 atom stereocenters. The van der Waals surface area contributed by atoms with Gasteiger partial charge in [0.05, 0.1) is 7.11 Å². The number of hydrogen-bond donors (Lipinski definition) is 1. The quantitative estimate of drug-likeness (QED) is 0.796. The molecule has 76 valence electrons. The Labute approximate surface area is 85.1 Å². The molecule has 1 fully saturated rings. The number of para-hydroxylation sites is 1. The summed E-state index contributed by atoms with van der Waals surface area (Å²) in [5.74, 6) is 2.33. The molecule has 0 spiro atoms. The fourth-order valence-corrected chi connectivity index (χ4v) is 2.02. The van der Waals surface area contributed by atoms with Gasteiger partial charge in [-0.05, 0) is 24.3 Å². The van der Waals surface area contributed by atoms with Gasteiger partial charge in [0.1, 0.15) is 5.75 Å². The predicted octanol–water partition coefficient (Wildman–Crippen LogP) is 2.35. The Morgan fingerprint density at radius 2 is 2.07 bits per heavy atom. The molecule has 2 nitrogen and oxygen atoms in total. The van der Waals surface area contributed by atoms with Crippen LogP contribution in [0.3, 0.4) is 0 Å². The average Bonchev–Trinajstić information content (AvgIpc) is 2.94. The first-order chi connectivity index (χ1) is 6.74. The summed E-state index contributed by atoms with van der Waals surface area (Å²) in [5.41, 5.74) is 7.33. The maximum absolute atomic E-state index is 6.19. The van der Waals surface area contributed by atoms with Crippen LogP contribution in [-0.2, 0) is 0 Å². The summed E-state index contributed by atoms with van der Waals surface area (Å²) in [6.07, 6.45) is 1.25. The summed E-state index contributed by atoms with van der Waals surface area (Å²) >= 11 is 0. The largest absolute Gasteiger partial charge is 0.496 e. The highest BCUT2D eigenvalue weighted by atomic mass is 16.5. The Morgan fingerprint density at radius 3 is 2.64 bits per heavy atom. The van der Waals surface area contributed by atoms with Crippen molar-refractivity contribution in [1.82, 2.24) is 0 Å². The van der Waals surface area contributed by atoms with Gasteiger partial charge >= 0.3 is 0 Å². The van der Waals surface area contributed by atoms with Gasteiger partial charge in [0, 0.05) is 11.6 Å². The lowest BCUT2D eigenvalue weighted by molar-refractivity contribution is 0.402. The second-order valence-electron chi connectivity index (χ2n) is 4.14. The van der Waals surface area contributed by atoms with E-state index < -0.39 is 0 Å². The van der Waals surface area contributed by atoms with Crippen molar-refractivity contribution in [2.24, 2.45) is 17.6 Å². The molecule has 2 heteroatoms. The summed E-state index contributed by atoms with van der Waals surface area (Å²) in [6.45, 7) is 2.25. The van der Waals surface area contributed by atoms with Crippen LogP contribution < -0.4 is 10.5 Å². The lowest BCUT2D eigenvalue weighted by Crippen LogP contribution is -2.14. The lowest BCUT2D eigenvalue weighted by atomic mass is 10.0. The molecule has 1 aromatic rings. The second-order valence-corrected chi connectivity index (χ2v) is 4.14. The molecule has 0 aromatic heterocycles. The Balaban J connectivity index is 2.22. The van der Waals surface area contributed by atoms with Crippen LogP contribution in [-0.4, -0.2) is 7.11 Å². The minimum absolute atomic E-state index is 0.140. The minimum atomic E-state index is 0.140. The molecular formula is C12H17NO. The minimum Gasteiger partial charge on any atom is -0.496 e. The number of rotatable bonds is 3. The number of methoxy groups -OCH3 is 1. The molecule has 1 aliphatic carbocycles. The van der Waals surface area contributed by atoms with Crippen molar-refractivity contribution in [3.63, 3.8) is 0 Å². The highest BCUT2D eigenvalue weighted by molar-refractivity contribution is 5.36. The molecular weight excluding hydrogens is 174 g/mol. The maximum atomic E-state index is 6.19. The number of benzene rings is 1. The van der Waals surface area contributed by atoms with E-state index in [-0.39, 0.29) is 6.04 Å². The standard InChI is InChI=1S/C12H17NO/c1-8-7-10(8)12(13)9-5-3-4-6-11(9)14-2/h3-6,8,10,12H,7,13H2,1-2H3. The van der Waals surface area contributed by atoms with Crippen molar-refractivity contribution in [2.45, 2.75) is 19.4 Å². The fourth-order valence-electron chi connectivity index (χ4n) is 2.02. The van der Waals surface area contributed by atoms with Crippen molar-refractivity contribution in [3.05, 3.63) is 29.8 Å². The third-order valence-electron chi connectivity index (χ3n) is 3.13. The zero-order valence-corrected chi connectivity index (χ0v) is 8.73. The highest BCUT2D eigenvalue weighted by Crippen LogP contribution is 2.47. The summed E-state index contributed by atoms with van der Waals surface area (Å²) in [4.78, 5) is 0. The van der Waals surface area contributed by atoms with Crippen LogP contribution in [0.1, 0.15) is 24.9 Å². The van der Waals surface area contributed by atoms with Gasteiger partial charge in [-0.3, -0.25) is 0 Å². The third kappa shape index (κ3) is 1.62. The molecule has 0 bridgehead atoms. The number of nitrogens with two attached hydrogens (primary N) is 1. The molecule has 2 N–H and O–H groups in total. The van der Waals surface area contributed by atoms with Gasteiger partial charge in [0.15, 0.2) is 0 Å². The van der Waals surface area contributed by atoms with Crippen molar-refractivity contribution in [3.8, 4) is 5.75 Å². The van der Waals surface area contributed by atoms with Crippen LogP contribution >= 0.6 is 0 Å². The van der Waals surface area contributed by atoms with E-state index >= 15 is 0 Å². The molecule has 0 saturated heterocycles. The first-order valence-corrected chi connectivity index (χ1v) is 5.12. The summed E-state index contributed by atoms with van der Waals surface area (Å²) in [7, 11) is 1.70. The zero-order valence-electron chi connectivity index (χ0n) is 8.73. The van der Waals surface area contributed by atoms with Gasteiger partial charge in [-0.2, -0.15) is 0 Å². The van der Waals surface area contributed by atoms with E-state index in [0.29, 0.717) is 5.92 Å². The molecule has 0 aliphatic heterocycles. The van der Waals surface area contributed by atoms with E-state index in [1.165, 1.54) is 6.42 Å². The Bertz CT molecular complexity index is 324. The van der Waals surface area contributed by atoms with Gasteiger partial charge in [-0.1, -0.05) is 25.1 Å². The van der Waals surface area contributed by atoms with Crippen LogP contribution in [0.15, 0.2) is 24.3 Å². The monoisotopic (exact) mass is 191 g/mol. The predicted molar refractivity (Wildman–Crippen MR) is 57.2 cm³/mol. The van der Waals surface area contributed by atoms with E-state index in [1.807, 2.05) is 18.2 Å². The fraction of sp³-hybridized carbons (Fsp3) is 0.500. The molecule has 2 rings (SSSR count). The molecule has 3 unspecified atom stereocenters. The van der Waals surface area contributed by atoms with Crippen LogP contribution in [0.2, 0.25) is 0 Å². The van der Waals surface area contributed by atoms with Gasteiger partial charge in [-0.15, -0.1) is 0 Å². The van der Waals surface area contributed by atoms with Crippen molar-refractivity contribution >= 4 is 0 Å². The van der Waals surface area contributed by atoms with E-state index in [9.17, 15) is 0 Å². The number of hydrogen-bond acceptors (Lipinski definition) is 2. The molecule has 1 saturated carbocycles. The molecule has 14 heavy (non-hydrogen) atoms. The molecule has 0 radical (unpaired) electrons. The Hall–Kier alpha value is -1.02. The SMILES string of the molecule is COc1ccccc1C(N)C1CC1C. The van der Waals surface area contributed by atoms with Gasteiger partial charge in [0.2, 0.25) is 0 Å². The van der Waals surface area contributed by atoms with Crippen LogP contribution in [0.4, 0.5) is 0 Å². The first-order valence-electron chi connectivity index (χ1n) is 5.12. The summed E-state index contributed by atoms with van der Waals surface area (Å²) < 4.78 is 5.30. The van der Waals surface area contributed by atoms with E-state index in [2.05, 4.69) is 13.0 Å². The lowest BCUT2D eigenvalue weighted by Gasteiger charge is -2.14. The normalized spacial score (nSPS) is 27.1. The van der Waals surface area contributed by atoms with Gasteiger partial charge in [0.25, 0.3) is 0 Å². The highest BCUT2D eigenvalue weighted by Gasteiger charge is 2.39. The molecule has 1 aromatic carbocycles. The molecule has 0 amide bonds. The smallest absolute Gasteiger partial charge is 0.123 e. The second kappa shape index (κ2) is 3.62. The van der Waals surface area contributed by atoms with E-state index in [1.54, 1.807) is 7.11 Å².